The lowest BCUT2D eigenvalue weighted by atomic mass is 10.1. The van der Waals surface area contributed by atoms with E-state index in [1.54, 1.807) is 18.2 Å². The number of esters is 1. The number of aromatic amines is 2. The second-order valence-electron chi connectivity index (χ2n) is 5.65. The highest BCUT2D eigenvalue weighted by Gasteiger charge is 2.15. The Labute approximate surface area is 162 Å². The maximum absolute atomic E-state index is 12.3. The van der Waals surface area contributed by atoms with Gasteiger partial charge in [-0.25, -0.2) is 9.78 Å². The molecule has 3 N–H and O–H groups in total. The van der Waals surface area contributed by atoms with Crippen LogP contribution in [0.2, 0.25) is 10.0 Å². The zero-order chi connectivity index (χ0) is 19.6. The van der Waals surface area contributed by atoms with E-state index in [2.05, 4.69) is 20.3 Å². The standard InChI is InChI=1S/C17H14Cl2N4O4/c1-8(24)27-7-9-5-21-15-14(16(25)23-17(26)22-15)11(9)6-20-13-4-10(18)2-3-12(13)19/h2-5,20H,6-7H2,1H3,(H2,21,22,23,25,26). The molecule has 0 atom stereocenters. The number of carbonyl (C=O) groups excluding carboxylic acids is 1. The van der Waals surface area contributed by atoms with E-state index in [9.17, 15) is 14.4 Å². The van der Waals surface area contributed by atoms with Gasteiger partial charge in [0.25, 0.3) is 5.56 Å². The van der Waals surface area contributed by atoms with Gasteiger partial charge in [0.2, 0.25) is 0 Å². The Balaban J connectivity index is 2.07. The van der Waals surface area contributed by atoms with Crippen LogP contribution in [0.1, 0.15) is 18.1 Å². The Morgan fingerprint density at radius 1 is 1.26 bits per heavy atom. The van der Waals surface area contributed by atoms with Gasteiger partial charge in [-0.15, -0.1) is 0 Å². The summed E-state index contributed by atoms with van der Waals surface area (Å²) in [4.78, 5) is 43.8. The first-order valence-corrected chi connectivity index (χ1v) is 8.56. The highest BCUT2D eigenvalue weighted by Crippen LogP contribution is 2.27. The number of anilines is 1. The summed E-state index contributed by atoms with van der Waals surface area (Å²) >= 11 is 12.1. The summed E-state index contributed by atoms with van der Waals surface area (Å²) in [7, 11) is 0. The number of nitrogens with zero attached hydrogens (tertiary/aromatic N) is 1. The predicted octanol–water partition coefficient (Wildman–Crippen LogP) is 2.59. The van der Waals surface area contributed by atoms with Gasteiger partial charge in [0, 0.05) is 30.3 Å². The number of hydrogen-bond donors (Lipinski definition) is 3. The summed E-state index contributed by atoms with van der Waals surface area (Å²) in [5.74, 6) is -0.470. The highest BCUT2D eigenvalue weighted by molar-refractivity contribution is 6.35. The molecule has 27 heavy (non-hydrogen) atoms. The molecule has 0 radical (unpaired) electrons. The van der Waals surface area contributed by atoms with Gasteiger partial charge in [-0.3, -0.25) is 19.6 Å². The predicted molar refractivity (Wildman–Crippen MR) is 102 cm³/mol. The molecule has 2 heterocycles. The SMILES string of the molecule is CC(=O)OCc1cnc2[nH]c(=O)[nH]c(=O)c2c1CNc1cc(Cl)ccc1Cl. The number of benzene rings is 1. The first-order valence-electron chi connectivity index (χ1n) is 7.80. The van der Waals surface area contributed by atoms with Crippen molar-refractivity contribution in [2.45, 2.75) is 20.1 Å². The molecule has 1 aromatic carbocycles. The van der Waals surface area contributed by atoms with Crippen molar-refractivity contribution in [2.24, 2.45) is 0 Å². The fourth-order valence-corrected chi connectivity index (χ4v) is 2.91. The average molecular weight is 409 g/mol. The first kappa shape index (κ1) is 18.9. The molecule has 2 aromatic heterocycles. The molecule has 0 amide bonds. The van der Waals surface area contributed by atoms with Crippen molar-refractivity contribution < 1.29 is 9.53 Å². The smallest absolute Gasteiger partial charge is 0.327 e. The maximum Gasteiger partial charge on any atom is 0.327 e. The Hall–Kier alpha value is -2.84. The van der Waals surface area contributed by atoms with Crippen LogP contribution in [0, 0.1) is 0 Å². The number of halogens is 2. The van der Waals surface area contributed by atoms with Crippen molar-refractivity contribution in [1.82, 2.24) is 15.0 Å². The molecule has 0 bridgehead atoms. The molecular weight excluding hydrogens is 395 g/mol. The molecule has 10 heteroatoms. The van der Waals surface area contributed by atoms with Crippen LogP contribution >= 0.6 is 23.2 Å². The molecule has 3 rings (SSSR count). The Bertz CT molecular complexity index is 1140. The minimum absolute atomic E-state index is 0.0723. The second-order valence-corrected chi connectivity index (χ2v) is 6.50. The molecule has 0 aliphatic carbocycles. The molecule has 0 saturated heterocycles. The van der Waals surface area contributed by atoms with Crippen molar-refractivity contribution in [3.63, 3.8) is 0 Å². The van der Waals surface area contributed by atoms with Crippen LogP contribution in [0.4, 0.5) is 5.69 Å². The highest BCUT2D eigenvalue weighted by atomic mass is 35.5. The van der Waals surface area contributed by atoms with Crippen LogP contribution in [-0.4, -0.2) is 20.9 Å². The fourth-order valence-electron chi connectivity index (χ4n) is 2.55. The van der Waals surface area contributed by atoms with E-state index >= 15 is 0 Å². The lowest BCUT2D eigenvalue weighted by molar-refractivity contribution is -0.142. The molecule has 0 aliphatic heterocycles. The Morgan fingerprint density at radius 2 is 2.04 bits per heavy atom. The van der Waals surface area contributed by atoms with Crippen LogP contribution in [0.25, 0.3) is 11.0 Å². The number of nitrogens with one attached hydrogen (secondary N) is 3. The minimum atomic E-state index is -0.662. The quantitative estimate of drug-likeness (QED) is 0.558. The molecule has 0 spiro atoms. The van der Waals surface area contributed by atoms with Crippen LogP contribution < -0.4 is 16.6 Å². The summed E-state index contributed by atoms with van der Waals surface area (Å²) in [6.07, 6.45) is 1.44. The van der Waals surface area contributed by atoms with E-state index in [0.717, 1.165) is 0 Å². The molecule has 0 fully saturated rings. The summed E-state index contributed by atoms with van der Waals surface area (Å²) < 4.78 is 5.04. The Morgan fingerprint density at radius 3 is 2.78 bits per heavy atom. The number of fused-ring (bicyclic) bond motifs is 1. The van der Waals surface area contributed by atoms with Crippen LogP contribution in [-0.2, 0) is 22.7 Å². The van der Waals surface area contributed by atoms with E-state index in [1.807, 2.05) is 0 Å². The van der Waals surface area contributed by atoms with Crippen molar-refractivity contribution in [3.8, 4) is 0 Å². The molecule has 0 aliphatic rings. The first-order chi connectivity index (χ1) is 12.8. The molecular formula is C17H14Cl2N4O4. The molecule has 0 unspecified atom stereocenters. The Kier molecular flexibility index (Phi) is 5.48. The molecule has 8 nitrogen and oxygen atoms in total. The molecule has 0 saturated carbocycles. The van der Waals surface area contributed by atoms with Gasteiger partial charge in [0.1, 0.15) is 12.3 Å². The number of pyridine rings is 1. The zero-order valence-electron chi connectivity index (χ0n) is 14.1. The van der Waals surface area contributed by atoms with Gasteiger partial charge >= 0.3 is 11.7 Å². The van der Waals surface area contributed by atoms with Gasteiger partial charge < -0.3 is 10.1 Å². The van der Waals surface area contributed by atoms with Gasteiger partial charge in [-0.2, -0.15) is 0 Å². The van der Waals surface area contributed by atoms with E-state index in [1.165, 1.54) is 13.1 Å². The molecule has 3 aromatic rings. The fraction of sp³-hybridized carbons (Fsp3) is 0.176. The van der Waals surface area contributed by atoms with E-state index in [4.69, 9.17) is 27.9 Å². The third-order valence-corrected chi connectivity index (χ3v) is 4.34. The van der Waals surface area contributed by atoms with Crippen molar-refractivity contribution in [2.75, 3.05) is 5.32 Å². The number of H-pyrrole nitrogens is 2. The van der Waals surface area contributed by atoms with E-state index in [0.29, 0.717) is 26.9 Å². The van der Waals surface area contributed by atoms with Crippen LogP contribution in [0.5, 0.6) is 0 Å². The molecule has 140 valence electrons. The number of hydrogen-bond acceptors (Lipinski definition) is 6. The average Bonchev–Trinajstić information content (AvgIpc) is 2.60. The number of ether oxygens (including phenoxy) is 1. The van der Waals surface area contributed by atoms with Crippen molar-refractivity contribution >= 4 is 45.9 Å². The van der Waals surface area contributed by atoms with E-state index in [-0.39, 0.29) is 24.2 Å². The summed E-state index contributed by atoms with van der Waals surface area (Å²) in [5.41, 5.74) is 0.456. The van der Waals surface area contributed by atoms with Gasteiger partial charge in [0.15, 0.2) is 0 Å². The third-order valence-electron chi connectivity index (χ3n) is 3.78. The minimum Gasteiger partial charge on any atom is -0.461 e. The summed E-state index contributed by atoms with van der Waals surface area (Å²) in [6.45, 7) is 1.37. The van der Waals surface area contributed by atoms with E-state index < -0.39 is 17.2 Å². The van der Waals surface area contributed by atoms with Gasteiger partial charge in [-0.05, 0) is 23.8 Å². The van der Waals surface area contributed by atoms with Crippen LogP contribution in [0.15, 0.2) is 34.0 Å². The monoisotopic (exact) mass is 408 g/mol. The van der Waals surface area contributed by atoms with Gasteiger partial charge in [0.05, 0.1) is 16.1 Å². The lowest BCUT2D eigenvalue weighted by Crippen LogP contribution is -2.24. The topological polar surface area (TPSA) is 117 Å². The lowest BCUT2D eigenvalue weighted by Gasteiger charge is -2.14. The number of aromatic nitrogens is 3. The van der Waals surface area contributed by atoms with Crippen molar-refractivity contribution in [1.29, 1.82) is 0 Å². The third kappa shape index (κ3) is 4.29. The summed E-state index contributed by atoms with van der Waals surface area (Å²) in [5, 5.41) is 4.22. The number of carbonyl (C=O) groups is 1. The largest absolute Gasteiger partial charge is 0.461 e. The van der Waals surface area contributed by atoms with Crippen LogP contribution in [0.3, 0.4) is 0 Å². The maximum atomic E-state index is 12.3. The van der Waals surface area contributed by atoms with Crippen molar-refractivity contribution in [3.05, 3.63) is 66.4 Å². The zero-order valence-corrected chi connectivity index (χ0v) is 15.6. The normalized spacial score (nSPS) is 10.8. The van der Waals surface area contributed by atoms with Gasteiger partial charge in [-0.1, -0.05) is 23.2 Å². The second kappa shape index (κ2) is 7.81. The summed E-state index contributed by atoms with van der Waals surface area (Å²) in [6, 6.07) is 4.94. The number of rotatable bonds is 5.